The van der Waals surface area contributed by atoms with E-state index < -0.39 is 12.2 Å². The molecule has 84 valence electrons. The van der Waals surface area contributed by atoms with Crippen LogP contribution in [0.1, 0.15) is 11.7 Å². The van der Waals surface area contributed by atoms with Crippen molar-refractivity contribution in [2.75, 3.05) is 13.7 Å². The minimum Gasteiger partial charge on any atom is -0.496 e. The molecule has 4 N–H and O–H groups in total. The molecular weight excluding hydrogens is 218 g/mol. The molecule has 1 aromatic rings. The zero-order valence-electron chi connectivity index (χ0n) is 8.35. The normalized spacial score (nSPS) is 14.7. The Kier molecular flexibility index (Phi) is 4.35. The number of rotatable bonds is 4. The number of hydrogen-bond acceptors (Lipinski definition) is 4. The highest BCUT2D eigenvalue weighted by atomic mass is 35.5. The third-order valence-corrected chi connectivity index (χ3v) is 2.35. The van der Waals surface area contributed by atoms with Crippen molar-refractivity contribution in [3.05, 3.63) is 28.8 Å². The molecule has 0 aromatic heterocycles. The van der Waals surface area contributed by atoms with Gasteiger partial charge in [-0.2, -0.15) is 0 Å². The number of aliphatic hydroxyl groups is 2. The maximum absolute atomic E-state index is 9.76. The lowest BCUT2D eigenvalue weighted by Gasteiger charge is -2.19. The lowest BCUT2D eigenvalue weighted by atomic mass is 10.0. The van der Waals surface area contributed by atoms with Crippen molar-refractivity contribution in [1.29, 1.82) is 0 Å². The van der Waals surface area contributed by atoms with Gasteiger partial charge in [0.15, 0.2) is 0 Å². The zero-order valence-corrected chi connectivity index (χ0v) is 9.11. The first-order valence-electron chi connectivity index (χ1n) is 4.49. The molecule has 1 aromatic carbocycles. The summed E-state index contributed by atoms with van der Waals surface area (Å²) in [5, 5.41) is 19.6. The zero-order chi connectivity index (χ0) is 11.4. The predicted molar refractivity (Wildman–Crippen MR) is 58.0 cm³/mol. The van der Waals surface area contributed by atoms with Crippen molar-refractivity contribution >= 4 is 11.6 Å². The Labute approximate surface area is 93.2 Å². The van der Waals surface area contributed by atoms with Gasteiger partial charge in [0.05, 0.1) is 13.2 Å². The summed E-state index contributed by atoms with van der Waals surface area (Å²) in [5.41, 5.74) is 5.69. The van der Waals surface area contributed by atoms with E-state index in [4.69, 9.17) is 22.1 Å². The summed E-state index contributed by atoms with van der Waals surface area (Å²) in [6.07, 6.45) is -2.12. The van der Waals surface area contributed by atoms with E-state index in [0.717, 1.165) is 0 Å². The molecule has 0 amide bonds. The Bertz CT molecular complexity index is 332. The molecule has 0 spiro atoms. The second kappa shape index (κ2) is 5.32. The summed E-state index contributed by atoms with van der Waals surface area (Å²) in [6.45, 7) is -0.0309. The van der Waals surface area contributed by atoms with E-state index >= 15 is 0 Å². The molecule has 0 aliphatic carbocycles. The minimum atomic E-state index is -1.09. The van der Waals surface area contributed by atoms with Gasteiger partial charge < -0.3 is 20.7 Å². The third-order valence-electron chi connectivity index (χ3n) is 2.12. The van der Waals surface area contributed by atoms with Crippen molar-refractivity contribution in [1.82, 2.24) is 0 Å². The fraction of sp³-hybridized carbons (Fsp3) is 0.400. The van der Waals surface area contributed by atoms with Crippen LogP contribution in [0.4, 0.5) is 0 Å². The average Bonchev–Trinajstić information content (AvgIpc) is 2.27. The summed E-state index contributed by atoms with van der Waals surface area (Å²) in [7, 11) is 1.48. The Morgan fingerprint density at radius 3 is 2.67 bits per heavy atom. The van der Waals surface area contributed by atoms with Crippen molar-refractivity contribution in [2.45, 2.75) is 12.2 Å². The van der Waals surface area contributed by atoms with E-state index in [-0.39, 0.29) is 6.54 Å². The van der Waals surface area contributed by atoms with Crippen LogP contribution >= 0.6 is 11.6 Å². The van der Waals surface area contributed by atoms with E-state index in [0.29, 0.717) is 16.3 Å². The molecule has 5 heteroatoms. The quantitative estimate of drug-likeness (QED) is 0.713. The maximum atomic E-state index is 9.76. The fourth-order valence-electron chi connectivity index (χ4n) is 1.27. The molecule has 0 bridgehead atoms. The van der Waals surface area contributed by atoms with Gasteiger partial charge in [-0.1, -0.05) is 11.6 Å². The molecule has 0 aliphatic heterocycles. The number of hydrogen-bond donors (Lipinski definition) is 3. The van der Waals surface area contributed by atoms with Crippen LogP contribution in [0.5, 0.6) is 5.75 Å². The van der Waals surface area contributed by atoms with Gasteiger partial charge in [-0.05, 0) is 18.2 Å². The molecule has 4 nitrogen and oxygen atoms in total. The Morgan fingerprint density at radius 2 is 2.13 bits per heavy atom. The van der Waals surface area contributed by atoms with Crippen LogP contribution in [0.15, 0.2) is 18.2 Å². The molecule has 0 saturated heterocycles. The monoisotopic (exact) mass is 231 g/mol. The van der Waals surface area contributed by atoms with Crippen LogP contribution in [0, 0.1) is 0 Å². The van der Waals surface area contributed by atoms with Crippen molar-refractivity contribution in [3.8, 4) is 5.75 Å². The van der Waals surface area contributed by atoms with Gasteiger partial charge in [-0.3, -0.25) is 0 Å². The molecule has 0 heterocycles. The first-order valence-corrected chi connectivity index (χ1v) is 4.87. The topological polar surface area (TPSA) is 75.7 Å². The van der Waals surface area contributed by atoms with E-state index in [1.807, 2.05) is 0 Å². The standard InChI is InChI=1S/C10H14ClNO3/c1-15-9-3-2-6(11)4-7(9)10(14)8(13)5-12/h2-4,8,10,13-14H,5,12H2,1H3. The van der Waals surface area contributed by atoms with Gasteiger partial charge in [0.2, 0.25) is 0 Å². The van der Waals surface area contributed by atoms with E-state index in [1.165, 1.54) is 7.11 Å². The first-order chi connectivity index (χ1) is 7.10. The average molecular weight is 232 g/mol. The lowest BCUT2D eigenvalue weighted by Crippen LogP contribution is -2.27. The smallest absolute Gasteiger partial charge is 0.124 e. The molecule has 0 radical (unpaired) electrons. The number of methoxy groups -OCH3 is 1. The van der Waals surface area contributed by atoms with Gasteiger partial charge in [0.1, 0.15) is 11.9 Å². The third kappa shape index (κ3) is 2.82. The van der Waals surface area contributed by atoms with E-state index in [9.17, 15) is 10.2 Å². The Morgan fingerprint density at radius 1 is 1.47 bits per heavy atom. The molecule has 0 saturated carbocycles. The highest BCUT2D eigenvalue weighted by molar-refractivity contribution is 6.30. The Hall–Kier alpha value is -0.810. The van der Waals surface area contributed by atoms with Crippen LogP contribution in [0.2, 0.25) is 5.02 Å². The van der Waals surface area contributed by atoms with E-state index in [1.54, 1.807) is 18.2 Å². The lowest BCUT2D eigenvalue weighted by molar-refractivity contribution is 0.0229. The fourth-order valence-corrected chi connectivity index (χ4v) is 1.45. The minimum absolute atomic E-state index is 0.0309. The second-order valence-electron chi connectivity index (χ2n) is 3.13. The van der Waals surface area contributed by atoms with Crippen molar-refractivity contribution in [2.24, 2.45) is 5.73 Å². The predicted octanol–water partition coefficient (Wildman–Crippen LogP) is 0.702. The molecule has 0 aliphatic rings. The maximum Gasteiger partial charge on any atom is 0.124 e. The summed E-state index contributed by atoms with van der Waals surface area (Å²) >= 11 is 5.79. The van der Waals surface area contributed by atoms with Gasteiger partial charge in [-0.15, -0.1) is 0 Å². The summed E-state index contributed by atoms with van der Waals surface area (Å²) in [6, 6.07) is 4.82. The molecule has 2 atom stereocenters. The van der Waals surface area contributed by atoms with Crippen LogP contribution in [-0.2, 0) is 0 Å². The largest absolute Gasteiger partial charge is 0.496 e. The van der Waals surface area contributed by atoms with Gasteiger partial charge >= 0.3 is 0 Å². The first kappa shape index (κ1) is 12.3. The number of halogens is 1. The molecule has 1 rings (SSSR count). The number of aliphatic hydroxyl groups excluding tert-OH is 2. The molecule has 0 fully saturated rings. The van der Waals surface area contributed by atoms with E-state index in [2.05, 4.69) is 0 Å². The van der Waals surface area contributed by atoms with Gasteiger partial charge in [0.25, 0.3) is 0 Å². The number of benzene rings is 1. The second-order valence-corrected chi connectivity index (χ2v) is 3.57. The van der Waals surface area contributed by atoms with Crippen LogP contribution in [0.3, 0.4) is 0 Å². The highest BCUT2D eigenvalue weighted by Gasteiger charge is 2.20. The number of ether oxygens (including phenoxy) is 1. The SMILES string of the molecule is COc1ccc(Cl)cc1C(O)C(O)CN. The highest BCUT2D eigenvalue weighted by Crippen LogP contribution is 2.29. The van der Waals surface area contributed by atoms with Gasteiger partial charge in [0, 0.05) is 17.1 Å². The summed E-state index contributed by atoms with van der Waals surface area (Å²) in [5.74, 6) is 0.472. The Balaban J connectivity index is 3.05. The summed E-state index contributed by atoms with van der Waals surface area (Å²) < 4.78 is 5.05. The molecular formula is C10H14ClNO3. The van der Waals surface area contributed by atoms with Gasteiger partial charge in [-0.25, -0.2) is 0 Å². The van der Waals surface area contributed by atoms with Crippen molar-refractivity contribution in [3.63, 3.8) is 0 Å². The molecule has 2 unspecified atom stereocenters. The van der Waals surface area contributed by atoms with Crippen LogP contribution < -0.4 is 10.5 Å². The number of nitrogens with two attached hydrogens (primary N) is 1. The van der Waals surface area contributed by atoms with Crippen molar-refractivity contribution < 1.29 is 14.9 Å². The summed E-state index contributed by atoms with van der Waals surface area (Å²) in [4.78, 5) is 0. The van der Waals surface area contributed by atoms with Crippen LogP contribution in [0.25, 0.3) is 0 Å². The molecule has 15 heavy (non-hydrogen) atoms. The van der Waals surface area contributed by atoms with Crippen LogP contribution in [-0.4, -0.2) is 30.0 Å².